The van der Waals surface area contributed by atoms with Gasteiger partial charge >= 0.3 is 0 Å². The Morgan fingerprint density at radius 1 is 1.00 bits per heavy atom. The van der Waals surface area contributed by atoms with E-state index >= 15 is 0 Å². The Labute approximate surface area is 183 Å². The van der Waals surface area contributed by atoms with Crippen LogP contribution in [0.15, 0.2) is 53.7 Å². The number of aryl methyl sites for hydroxylation is 1. The molecular formula is C24H30N4OS. The van der Waals surface area contributed by atoms with Crippen LogP contribution >= 0.6 is 11.8 Å². The lowest BCUT2D eigenvalue weighted by atomic mass is 10.1. The van der Waals surface area contributed by atoms with Crippen LogP contribution in [0, 0.1) is 12.8 Å². The second kappa shape index (κ2) is 9.94. The molecule has 0 saturated heterocycles. The molecule has 1 amide bonds. The minimum Gasteiger partial charge on any atom is -0.352 e. The average molecular weight is 423 g/mol. The quantitative estimate of drug-likeness (QED) is 0.495. The molecule has 1 heterocycles. The Hall–Kier alpha value is -2.60. The van der Waals surface area contributed by atoms with Crippen LogP contribution in [0.2, 0.25) is 0 Å². The fourth-order valence-corrected chi connectivity index (χ4v) is 3.90. The maximum absolute atomic E-state index is 12.2. The third-order valence-electron chi connectivity index (χ3n) is 4.72. The monoisotopic (exact) mass is 422 g/mol. The summed E-state index contributed by atoms with van der Waals surface area (Å²) in [6, 6.07) is 16.2. The molecule has 0 aliphatic heterocycles. The van der Waals surface area contributed by atoms with Crippen molar-refractivity contribution in [1.82, 2.24) is 20.1 Å². The molecule has 158 valence electrons. The highest BCUT2D eigenvalue weighted by Gasteiger charge is 2.17. The molecule has 1 N–H and O–H groups in total. The van der Waals surface area contributed by atoms with E-state index in [2.05, 4.69) is 79.0 Å². The van der Waals surface area contributed by atoms with Gasteiger partial charge in [0.15, 0.2) is 5.16 Å². The van der Waals surface area contributed by atoms with Gasteiger partial charge in [-0.3, -0.25) is 9.36 Å². The van der Waals surface area contributed by atoms with Crippen molar-refractivity contribution in [1.29, 1.82) is 0 Å². The number of aromatic nitrogens is 3. The first-order valence-electron chi connectivity index (χ1n) is 10.4. The van der Waals surface area contributed by atoms with Crippen molar-refractivity contribution in [2.45, 2.75) is 51.4 Å². The molecular weight excluding hydrogens is 392 g/mol. The summed E-state index contributed by atoms with van der Waals surface area (Å²) in [5.74, 6) is 2.40. The number of thioether (sulfide) groups is 1. The Kier molecular flexibility index (Phi) is 7.32. The SMILES string of the molecule is Cc1ccc(-n2c(SCc3ccc(C(=O)NCC(C)C)cc3)nnc2C(C)C)cc1. The number of nitrogens with zero attached hydrogens (tertiary/aromatic N) is 3. The van der Waals surface area contributed by atoms with Crippen LogP contribution in [-0.2, 0) is 5.75 Å². The summed E-state index contributed by atoms with van der Waals surface area (Å²) >= 11 is 1.65. The van der Waals surface area contributed by atoms with Gasteiger partial charge in [0.1, 0.15) is 5.82 Å². The average Bonchev–Trinajstić information content (AvgIpc) is 3.15. The standard InChI is InChI=1S/C24H30N4OS/c1-16(2)14-25-23(29)20-10-8-19(9-11-20)15-30-24-27-26-22(17(3)4)28(24)21-12-6-18(5)7-13-21/h6-13,16-17H,14-15H2,1-5H3,(H,25,29). The molecule has 6 heteroatoms. The zero-order chi connectivity index (χ0) is 21.7. The van der Waals surface area contributed by atoms with Gasteiger partial charge in [-0.05, 0) is 42.7 Å². The topological polar surface area (TPSA) is 59.8 Å². The lowest BCUT2D eigenvalue weighted by Gasteiger charge is -2.12. The van der Waals surface area contributed by atoms with E-state index in [1.54, 1.807) is 11.8 Å². The summed E-state index contributed by atoms with van der Waals surface area (Å²) in [4.78, 5) is 12.2. The summed E-state index contributed by atoms with van der Waals surface area (Å²) in [5.41, 5.74) is 4.14. The summed E-state index contributed by atoms with van der Waals surface area (Å²) < 4.78 is 2.14. The van der Waals surface area contributed by atoms with Crippen molar-refractivity contribution in [3.63, 3.8) is 0 Å². The Bertz CT molecular complexity index is 975. The highest BCUT2D eigenvalue weighted by atomic mass is 32.2. The minimum absolute atomic E-state index is 0.0245. The van der Waals surface area contributed by atoms with Crippen molar-refractivity contribution in [2.75, 3.05) is 6.54 Å². The van der Waals surface area contributed by atoms with Crippen LogP contribution in [0.5, 0.6) is 0 Å². The smallest absolute Gasteiger partial charge is 0.251 e. The molecule has 0 aliphatic carbocycles. The molecule has 0 radical (unpaired) electrons. The van der Waals surface area contributed by atoms with Crippen LogP contribution in [0.4, 0.5) is 0 Å². The van der Waals surface area contributed by atoms with Gasteiger partial charge in [-0.2, -0.15) is 0 Å². The Balaban J connectivity index is 1.73. The predicted molar refractivity (Wildman–Crippen MR) is 123 cm³/mol. The van der Waals surface area contributed by atoms with Gasteiger partial charge in [0.25, 0.3) is 5.91 Å². The van der Waals surface area contributed by atoms with Gasteiger partial charge in [0.2, 0.25) is 0 Å². The molecule has 2 aromatic carbocycles. The van der Waals surface area contributed by atoms with E-state index in [-0.39, 0.29) is 11.8 Å². The number of hydrogen-bond donors (Lipinski definition) is 1. The largest absolute Gasteiger partial charge is 0.352 e. The maximum Gasteiger partial charge on any atom is 0.251 e. The van der Waals surface area contributed by atoms with Crippen molar-refractivity contribution in [3.05, 3.63) is 71.0 Å². The van der Waals surface area contributed by atoms with Gasteiger partial charge in [0, 0.05) is 29.5 Å². The molecule has 0 unspecified atom stereocenters. The summed E-state index contributed by atoms with van der Waals surface area (Å²) in [6.45, 7) is 11.2. The third-order valence-corrected chi connectivity index (χ3v) is 5.72. The third kappa shape index (κ3) is 5.51. The summed E-state index contributed by atoms with van der Waals surface area (Å²) in [5, 5.41) is 12.7. The van der Waals surface area contributed by atoms with E-state index in [0.717, 1.165) is 28.0 Å². The van der Waals surface area contributed by atoms with E-state index in [4.69, 9.17) is 0 Å². The van der Waals surface area contributed by atoms with E-state index in [0.29, 0.717) is 18.0 Å². The van der Waals surface area contributed by atoms with E-state index in [1.165, 1.54) is 5.56 Å². The lowest BCUT2D eigenvalue weighted by Crippen LogP contribution is -2.27. The lowest BCUT2D eigenvalue weighted by molar-refractivity contribution is 0.0949. The summed E-state index contributed by atoms with van der Waals surface area (Å²) in [7, 11) is 0. The number of rotatable bonds is 8. The molecule has 30 heavy (non-hydrogen) atoms. The van der Waals surface area contributed by atoms with Crippen LogP contribution in [0.3, 0.4) is 0 Å². The van der Waals surface area contributed by atoms with Gasteiger partial charge < -0.3 is 5.32 Å². The first kappa shape index (κ1) is 22.1. The van der Waals surface area contributed by atoms with Gasteiger partial charge in [-0.1, -0.05) is 69.3 Å². The Morgan fingerprint density at radius 3 is 2.27 bits per heavy atom. The zero-order valence-electron chi connectivity index (χ0n) is 18.3. The van der Waals surface area contributed by atoms with Crippen molar-refractivity contribution in [3.8, 4) is 5.69 Å². The van der Waals surface area contributed by atoms with Crippen LogP contribution < -0.4 is 5.32 Å². The fourth-order valence-electron chi connectivity index (χ4n) is 2.98. The molecule has 0 bridgehead atoms. The highest BCUT2D eigenvalue weighted by Crippen LogP contribution is 2.28. The zero-order valence-corrected chi connectivity index (χ0v) is 19.2. The van der Waals surface area contributed by atoms with Crippen LogP contribution in [-0.4, -0.2) is 27.2 Å². The first-order valence-corrected chi connectivity index (χ1v) is 11.4. The second-order valence-electron chi connectivity index (χ2n) is 8.26. The maximum atomic E-state index is 12.2. The van der Waals surface area contributed by atoms with Crippen LogP contribution in [0.25, 0.3) is 5.69 Å². The van der Waals surface area contributed by atoms with E-state index < -0.39 is 0 Å². The van der Waals surface area contributed by atoms with Crippen molar-refractivity contribution >= 4 is 17.7 Å². The number of carbonyl (C=O) groups is 1. The molecule has 5 nitrogen and oxygen atoms in total. The molecule has 0 aliphatic rings. The molecule has 3 rings (SSSR count). The van der Waals surface area contributed by atoms with Gasteiger partial charge in [-0.15, -0.1) is 10.2 Å². The van der Waals surface area contributed by atoms with E-state index in [9.17, 15) is 4.79 Å². The highest BCUT2D eigenvalue weighted by molar-refractivity contribution is 7.98. The minimum atomic E-state index is -0.0245. The fraction of sp³-hybridized carbons (Fsp3) is 0.375. The number of benzene rings is 2. The van der Waals surface area contributed by atoms with Crippen molar-refractivity contribution < 1.29 is 4.79 Å². The normalized spacial score (nSPS) is 11.3. The number of nitrogens with one attached hydrogen (secondary N) is 1. The number of amides is 1. The number of carbonyl (C=O) groups excluding carboxylic acids is 1. The summed E-state index contributed by atoms with van der Waals surface area (Å²) in [6.07, 6.45) is 0. The number of hydrogen-bond acceptors (Lipinski definition) is 4. The molecule has 0 spiro atoms. The molecule has 0 fully saturated rings. The Morgan fingerprint density at radius 2 is 1.67 bits per heavy atom. The predicted octanol–water partition coefficient (Wildman–Crippen LogP) is 5.38. The molecule has 3 aromatic rings. The van der Waals surface area contributed by atoms with Crippen molar-refractivity contribution in [2.24, 2.45) is 5.92 Å². The second-order valence-corrected chi connectivity index (χ2v) is 9.20. The first-order chi connectivity index (χ1) is 14.3. The van der Waals surface area contributed by atoms with Crippen LogP contribution in [0.1, 0.15) is 60.9 Å². The van der Waals surface area contributed by atoms with Gasteiger partial charge in [0.05, 0.1) is 0 Å². The van der Waals surface area contributed by atoms with E-state index in [1.807, 2.05) is 24.3 Å². The molecule has 1 aromatic heterocycles. The van der Waals surface area contributed by atoms with Gasteiger partial charge in [-0.25, -0.2) is 0 Å². The molecule has 0 atom stereocenters. The molecule has 0 saturated carbocycles.